The normalized spacial score (nSPS) is 17.9. The fourth-order valence-corrected chi connectivity index (χ4v) is 5.13. The summed E-state index contributed by atoms with van der Waals surface area (Å²) in [6.07, 6.45) is 5.66. The highest BCUT2D eigenvalue weighted by Gasteiger charge is 2.27. The maximum atomic E-state index is 13.4. The van der Waals surface area contributed by atoms with Crippen LogP contribution < -0.4 is 0 Å². The number of ketones is 1. The molecule has 0 saturated heterocycles. The van der Waals surface area contributed by atoms with E-state index in [0.717, 1.165) is 25.7 Å². The molecular formula is C29H37ClN2O4. The third-order valence-corrected chi connectivity index (χ3v) is 7.48. The smallest absolute Gasteiger partial charge is 0.306 e. The molecule has 194 valence electrons. The molecular weight excluding hydrogens is 476 g/mol. The number of aliphatic hydroxyl groups is 1. The summed E-state index contributed by atoms with van der Waals surface area (Å²) in [5, 5.41) is 19.5. The number of Topliss-reactive ketones (excluding diaryl/α,β-unsaturated/α-hetero) is 1. The molecule has 0 atom stereocenters. The number of aromatic nitrogens is 2. The minimum atomic E-state index is -1.22. The monoisotopic (exact) mass is 512 g/mol. The van der Waals surface area contributed by atoms with Gasteiger partial charge in [-0.05, 0) is 113 Å². The van der Waals surface area contributed by atoms with E-state index in [1.807, 2.05) is 0 Å². The van der Waals surface area contributed by atoms with E-state index in [4.69, 9.17) is 11.6 Å². The number of aryl methyl sites for hydroxylation is 2. The highest BCUT2D eigenvalue weighted by molar-refractivity contribution is 6.29. The van der Waals surface area contributed by atoms with E-state index < -0.39 is 11.6 Å². The topological polar surface area (TPSA) is 92.4 Å². The third kappa shape index (κ3) is 7.44. The van der Waals surface area contributed by atoms with Crippen LogP contribution in [-0.4, -0.2) is 37.1 Å². The first-order chi connectivity index (χ1) is 17.0. The van der Waals surface area contributed by atoms with Gasteiger partial charge in [0.1, 0.15) is 17.0 Å². The Hall–Kier alpha value is -2.62. The molecule has 7 heteroatoms. The number of rotatable bonds is 9. The second kappa shape index (κ2) is 12.1. The predicted molar refractivity (Wildman–Crippen MR) is 141 cm³/mol. The van der Waals surface area contributed by atoms with Gasteiger partial charge in [0, 0.05) is 13.0 Å². The summed E-state index contributed by atoms with van der Waals surface area (Å²) in [5.41, 5.74) is 3.29. The first-order valence-electron chi connectivity index (χ1n) is 12.8. The molecule has 1 aliphatic rings. The lowest BCUT2D eigenvalue weighted by Gasteiger charge is -2.25. The Morgan fingerprint density at radius 1 is 1.19 bits per heavy atom. The van der Waals surface area contributed by atoms with Crippen LogP contribution in [0.2, 0.25) is 5.28 Å². The van der Waals surface area contributed by atoms with Crippen LogP contribution in [0, 0.1) is 37.5 Å². The van der Waals surface area contributed by atoms with Gasteiger partial charge in [-0.15, -0.1) is 0 Å². The summed E-state index contributed by atoms with van der Waals surface area (Å²) in [6, 6.07) is 6.29. The molecule has 0 amide bonds. The molecule has 6 nitrogen and oxygen atoms in total. The van der Waals surface area contributed by atoms with Crippen LogP contribution in [0.1, 0.15) is 91.7 Å². The van der Waals surface area contributed by atoms with Crippen molar-refractivity contribution in [3.8, 4) is 11.8 Å². The SMILES string of the molecule is Cc1cccc(CCCn2c(Cl)nc(C#CC(C)(C)O)c2C(=O)CCC2CCC(C(=O)O)CC2)c1C. The summed E-state index contributed by atoms with van der Waals surface area (Å²) >= 11 is 6.49. The lowest BCUT2D eigenvalue weighted by atomic mass is 9.79. The van der Waals surface area contributed by atoms with E-state index in [9.17, 15) is 19.8 Å². The number of carboxylic acids is 1. The average Bonchev–Trinajstić information content (AvgIpc) is 3.14. The summed E-state index contributed by atoms with van der Waals surface area (Å²) in [7, 11) is 0. The molecule has 36 heavy (non-hydrogen) atoms. The molecule has 1 saturated carbocycles. The first kappa shape index (κ1) is 28.0. The van der Waals surface area contributed by atoms with Crippen LogP contribution in [0.15, 0.2) is 18.2 Å². The van der Waals surface area contributed by atoms with Gasteiger partial charge in [-0.2, -0.15) is 0 Å². The fourth-order valence-electron chi connectivity index (χ4n) is 4.87. The van der Waals surface area contributed by atoms with Crippen LogP contribution in [0.3, 0.4) is 0 Å². The van der Waals surface area contributed by atoms with Gasteiger partial charge in [0.15, 0.2) is 5.78 Å². The first-order valence-corrected chi connectivity index (χ1v) is 13.2. The van der Waals surface area contributed by atoms with Crippen molar-refractivity contribution in [1.29, 1.82) is 0 Å². The van der Waals surface area contributed by atoms with Gasteiger partial charge < -0.3 is 14.8 Å². The van der Waals surface area contributed by atoms with Gasteiger partial charge in [0.2, 0.25) is 5.28 Å². The van der Waals surface area contributed by atoms with Crippen LogP contribution in [-0.2, 0) is 17.8 Å². The molecule has 1 aliphatic carbocycles. The molecule has 0 radical (unpaired) electrons. The number of carboxylic acid groups (broad SMARTS) is 1. The third-order valence-electron chi connectivity index (χ3n) is 7.19. The quantitative estimate of drug-likeness (QED) is 0.329. The molecule has 0 unspecified atom stereocenters. The van der Waals surface area contributed by atoms with Crippen molar-refractivity contribution < 1.29 is 19.8 Å². The van der Waals surface area contributed by atoms with Crippen molar-refractivity contribution in [2.45, 2.75) is 91.2 Å². The molecule has 2 N–H and O–H groups in total. The van der Waals surface area contributed by atoms with Crippen molar-refractivity contribution in [3.05, 3.63) is 51.6 Å². The molecule has 1 aromatic heterocycles. The van der Waals surface area contributed by atoms with E-state index in [1.54, 1.807) is 18.4 Å². The maximum Gasteiger partial charge on any atom is 0.306 e. The average molecular weight is 513 g/mol. The zero-order chi connectivity index (χ0) is 26.5. The molecule has 1 heterocycles. The summed E-state index contributed by atoms with van der Waals surface area (Å²) < 4.78 is 1.75. The van der Waals surface area contributed by atoms with Crippen molar-refractivity contribution >= 4 is 23.4 Å². The zero-order valence-corrected chi connectivity index (χ0v) is 22.5. The van der Waals surface area contributed by atoms with Gasteiger partial charge in [0.05, 0.1) is 5.92 Å². The Kier molecular flexibility index (Phi) is 9.38. The Morgan fingerprint density at radius 3 is 2.53 bits per heavy atom. The number of carbonyl (C=O) groups excluding carboxylic acids is 1. The fraction of sp³-hybridized carbons (Fsp3) is 0.552. The van der Waals surface area contributed by atoms with Gasteiger partial charge in [0.25, 0.3) is 0 Å². The second-order valence-corrected chi connectivity index (χ2v) is 10.9. The molecule has 0 spiro atoms. The van der Waals surface area contributed by atoms with Crippen molar-refractivity contribution in [1.82, 2.24) is 9.55 Å². The zero-order valence-electron chi connectivity index (χ0n) is 21.7. The predicted octanol–water partition coefficient (Wildman–Crippen LogP) is 5.76. The van der Waals surface area contributed by atoms with E-state index in [1.165, 1.54) is 16.7 Å². The van der Waals surface area contributed by atoms with Crippen LogP contribution in [0.5, 0.6) is 0 Å². The minimum absolute atomic E-state index is 0.0680. The Labute approximate surface area is 219 Å². The highest BCUT2D eigenvalue weighted by atomic mass is 35.5. The lowest BCUT2D eigenvalue weighted by Crippen LogP contribution is -2.22. The highest BCUT2D eigenvalue weighted by Crippen LogP contribution is 2.32. The number of aliphatic carboxylic acids is 1. The Balaban J connectivity index is 1.75. The van der Waals surface area contributed by atoms with E-state index in [0.29, 0.717) is 49.5 Å². The molecule has 1 fully saturated rings. The number of imidazole rings is 1. The molecule has 0 aliphatic heterocycles. The van der Waals surface area contributed by atoms with Crippen LogP contribution >= 0.6 is 11.6 Å². The number of benzene rings is 1. The lowest BCUT2D eigenvalue weighted by molar-refractivity contribution is -0.143. The van der Waals surface area contributed by atoms with Crippen molar-refractivity contribution in [3.63, 3.8) is 0 Å². The number of hydrogen-bond acceptors (Lipinski definition) is 4. The second-order valence-electron chi connectivity index (χ2n) is 10.5. The number of hydrogen-bond donors (Lipinski definition) is 2. The van der Waals surface area contributed by atoms with Gasteiger partial charge >= 0.3 is 5.97 Å². The van der Waals surface area contributed by atoms with Crippen LogP contribution in [0.4, 0.5) is 0 Å². The van der Waals surface area contributed by atoms with E-state index in [-0.39, 0.29) is 17.0 Å². The number of carbonyl (C=O) groups is 2. The Bertz CT molecular complexity index is 1160. The maximum absolute atomic E-state index is 13.4. The standard InChI is InChI=1S/C29H37ClN2O4/c1-19-7-5-8-22(20(19)2)9-6-18-32-26(24(31-28(32)30)16-17-29(3,4)36)25(33)15-12-21-10-13-23(14-11-21)27(34)35/h5,7-8,21,23,36H,6,9-15,18H2,1-4H3,(H,34,35). The number of nitrogens with zero attached hydrogens (tertiary/aromatic N) is 2. The van der Waals surface area contributed by atoms with Crippen LogP contribution in [0.25, 0.3) is 0 Å². The van der Waals surface area contributed by atoms with Gasteiger partial charge in [-0.3, -0.25) is 9.59 Å². The Morgan fingerprint density at radius 2 is 1.89 bits per heavy atom. The largest absolute Gasteiger partial charge is 0.481 e. The van der Waals surface area contributed by atoms with E-state index >= 15 is 0 Å². The van der Waals surface area contributed by atoms with Gasteiger partial charge in [-0.25, -0.2) is 4.98 Å². The number of halogens is 1. The summed E-state index contributed by atoms with van der Waals surface area (Å²) in [6.45, 7) is 7.92. The van der Waals surface area contributed by atoms with Crippen molar-refractivity contribution in [2.24, 2.45) is 11.8 Å². The summed E-state index contributed by atoms with van der Waals surface area (Å²) in [5.74, 6) is 4.91. The minimum Gasteiger partial charge on any atom is -0.481 e. The molecule has 3 rings (SSSR count). The van der Waals surface area contributed by atoms with Gasteiger partial charge in [-0.1, -0.05) is 24.1 Å². The molecule has 1 aromatic carbocycles. The van der Waals surface area contributed by atoms with E-state index in [2.05, 4.69) is 48.9 Å². The van der Waals surface area contributed by atoms with Crippen molar-refractivity contribution in [2.75, 3.05) is 0 Å². The summed E-state index contributed by atoms with van der Waals surface area (Å²) in [4.78, 5) is 29.0. The molecule has 0 bridgehead atoms. The molecule has 2 aromatic rings.